The van der Waals surface area contributed by atoms with Crippen LogP contribution in [0, 0.1) is 5.92 Å². The summed E-state index contributed by atoms with van der Waals surface area (Å²) in [5.74, 6) is 0.0389. The highest BCUT2D eigenvalue weighted by atomic mass is 32.2. The van der Waals surface area contributed by atoms with Crippen molar-refractivity contribution < 1.29 is 13.2 Å². The summed E-state index contributed by atoms with van der Waals surface area (Å²) in [5, 5.41) is 0. The van der Waals surface area contributed by atoms with Crippen molar-refractivity contribution in [3.63, 3.8) is 0 Å². The van der Waals surface area contributed by atoms with E-state index in [2.05, 4.69) is 0 Å². The molecule has 1 saturated heterocycles. The van der Waals surface area contributed by atoms with Crippen molar-refractivity contribution in [2.75, 3.05) is 27.2 Å². The molecule has 0 aromatic heterocycles. The van der Waals surface area contributed by atoms with Crippen molar-refractivity contribution in [1.29, 1.82) is 0 Å². The zero-order valence-corrected chi connectivity index (χ0v) is 14.7. The van der Waals surface area contributed by atoms with E-state index in [0.29, 0.717) is 18.7 Å². The average Bonchev–Trinajstić information content (AvgIpc) is 2.54. The Labute approximate surface area is 138 Å². The van der Waals surface area contributed by atoms with Crippen LogP contribution in [0.5, 0.6) is 0 Å². The van der Waals surface area contributed by atoms with Gasteiger partial charge in [0, 0.05) is 38.8 Å². The predicted molar refractivity (Wildman–Crippen MR) is 89.6 cm³/mol. The van der Waals surface area contributed by atoms with Gasteiger partial charge < -0.3 is 10.6 Å². The monoisotopic (exact) mass is 339 g/mol. The molecule has 0 radical (unpaired) electrons. The summed E-state index contributed by atoms with van der Waals surface area (Å²) in [5.41, 5.74) is 6.40. The van der Waals surface area contributed by atoms with E-state index in [1.807, 2.05) is 6.92 Å². The number of benzene rings is 1. The fourth-order valence-electron chi connectivity index (χ4n) is 2.80. The van der Waals surface area contributed by atoms with E-state index in [-0.39, 0.29) is 22.8 Å². The maximum Gasteiger partial charge on any atom is 0.253 e. The molecule has 2 N–H and O–H groups in total. The fraction of sp³-hybridized carbons (Fsp3) is 0.562. The molecule has 0 bridgehead atoms. The van der Waals surface area contributed by atoms with E-state index < -0.39 is 10.0 Å². The molecule has 128 valence electrons. The minimum absolute atomic E-state index is 0.0203. The molecule has 1 aliphatic rings. The number of piperidine rings is 1. The number of hydrogen-bond donors (Lipinski definition) is 1. The molecular weight excluding hydrogens is 314 g/mol. The lowest BCUT2D eigenvalue weighted by Crippen LogP contribution is -2.44. The Morgan fingerprint density at radius 3 is 2.43 bits per heavy atom. The molecule has 1 fully saturated rings. The molecule has 23 heavy (non-hydrogen) atoms. The minimum atomic E-state index is -3.54. The van der Waals surface area contributed by atoms with Gasteiger partial charge in [-0.1, -0.05) is 0 Å². The van der Waals surface area contributed by atoms with E-state index in [1.165, 1.54) is 21.3 Å². The van der Waals surface area contributed by atoms with Crippen LogP contribution in [0.4, 0.5) is 0 Å². The van der Waals surface area contributed by atoms with E-state index in [1.54, 1.807) is 26.2 Å². The topological polar surface area (TPSA) is 83.7 Å². The van der Waals surface area contributed by atoms with Crippen LogP contribution in [0.15, 0.2) is 29.2 Å². The lowest BCUT2D eigenvalue weighted by atomic mass is 9.93. The van der Waals surface area contributed by atoms with Crippen LogP contribution in [-0.4, -0.2) is 56.8 Å². The summed E-state index contributed by atoms with van der Waals surface area (Å²) in [6, 6.07) is 6.10. The van der Waals surface area contributed by atoms with Gasteiger partial charge in [0.05, 0.1) is 4.90 Å². The average molecular weight is 339 g/mol. The van der Waals surface area contributed by atoms with Gasteiger partial charge in [-0.05, 0) is 49.9 Å². The van der Waals surface area contributed by atoms with Gasteiger partial charge in [-0.25, -0.2) is 8.42 Å². The zero-order valence-electron chi connectivity index (χ0n) is 13.9. The van der Waals surface area contributed by atoms with E-state index in [0.717, 1.165) is 12.8 Å². The predicted octanol–water partition coefficient (Wildman–Crippen LogP) is 1.14. The third kappa shape index (κ3) is 3.91. The van der Waals surface area contributed by atoms with E-state index in [4.69, 9.17) is 5.73 Å². The van der Waals surface area contributed by atoms with Gasteiger partial charge in [-0.3, -0.25) is 4.79 Å². The number of carbonyl (C=O) groups excluding carboxylic acids is 1. The van der Waals surface area contributed by atoms with Crippen molar-refractivity contribution in [2.24, 2.45) is 11.7 Å². The Balaban J connectivity index is 2.21. The molecule has 6 nitrogen and oxygen atoms in total. The van der Waals surface area contributed by atoms with Crippen molar-refractivity contribution in [3.8, 4) is 0 Å². The first-order chi connectivity index (χ1) is 10.7. The first-order valence-electron chi connectivity index (χ1n) is 7.81. The lowest BCUT2D eigenvalue weighted by molar-refractivity contribution is 0.0827. The quantitative estimate of drug-likeness (QED) is 0.891. The van der Waals surface area contributed by atoms with Crippen LogP contribution in [-0.2, 0) is 10.0 Å². The van der Waals surface area contributed by atoms with Gasteiger partial charge >= 0.3 is 0 Å². The Morgan fingerprint density at radius 1 is 1.30 bits per heavy atom. The Morgan fingerprint density at radius 2 is 1.91 bits per heavy atom. The number of nitrogens with zero attached hydrogens (tertiary/aromatic N) is 2. The van der Waals surface area contributed by atoms with Crippen molar-refractivity contribution in [1.82, 2.24) is 9.21 Å². The largest absolute Gasteiger partial charge is 0.345 e. The van der Waals surface area contributed by atoms with Gasteiger partial charge in [0.1, 0.15) is 0 Å². The first-order valence-corrected chi connectivity index (χ1v) is 9.25. The minimum Gasteiger partial charge on any atom is -0.345 e. The second kappa shape index (κ2) is 6.98. The molecule has 2 unspecified atom stereocenters. The molecule has 0 saturated carbocycles. The Hall–Kier alpha value is -1.44. The van der Waals surface area contributed by atoms with Gasteiger partial charge in [0.15, 0.2) is 0 Å². The summed E-state index contributed by atoms with van der Waals surface area (Å²) >= 11 is 0. The van der Waals surface area contributed by atoms with Gasteiger partial charge in [-0.2, -0.15) is 4.31 Å². The Kier molecular flexibility index (Phi) is 5.44. The van der Waals surface area contributed by atoms with Crippen molar-refractivity contribution in [3.05, 3.63) is 29.8 Å². The normalized spacial score (nSPS) is 21.0. The number of nitrogens with two attached hydrogens (primary N) is 1. The van der Waals surface area contributed by atoms with Crippen LogP contribution >= 0.6 is 0 Å². The van der Waals surface area contributed by atoms with Crippen LogP contribution in [0.2, 0.25) is 0 Å². The zero-order chi connectivity index (χ0) is 17.2. The highest BCUT2D eigenvalue weighted by Crippen LogP contribution is 2.25. The number of hydrogen-bond acceptors (Lipinski definition) is 4. The Bertz CT molecular complexity index is 654. The summed E-state index contributed by atoms with van der Waals surface area (Å²) in [6.07, 6.45) is 1.78. The molecule has 1 aliphatic heterocycles. The second-order valence-corrected chi connectivity index (χ2v) is 8.29. The first kappa shape index (κ1) is 17.9. The second-order valence-electron chi connectivity index (χ2n) is 6.35. The molecule has 2 atom stereocenters. The highest BCUT2D eigenvalue weighted by Gasteiger charge is 2.31. The number of amides is 1. The SMILES string of the molecule is CC(N)C1CCCN(S(=O)(=O)c2ccc(C(=O)N(C)C)cc2)C1. The third-order valence-electron chi connectivity index (χ3n) is 4.31. The number of carbonyl (C=O) groups is 1. The maximum atomic E-state index is 12.8. The molecule has 1 amide bonds. The third-order valence-corrected chi connectivity index (χ3v) is 6.19. The van der Waals surface area contributed by atoms with E-state index in [9.17, 15) is 13.2 Å². The summed E-state index contributed by atoms with van der Waals surface area (Å²) in [4.78, 5) is 13.6. The lowest BCUT2D eigenvalue weighted by Gasteiger charge is -2.33. The molecule has 0 spiro atoms. The molecule has 1 aromatic carbocycles. The van der Waals surface area contributed by atoms with Gasteiger partial charge in [0.25, 0.3) is 5.91 Å². The van der Waals surface area contributed by atoms with Gasteiger partial charge in [-0.15, -0.1) is 0 Å². The summed E-state index contributed by atoms with van der Waals surface area (Å²) < 4.78 is 27.0. The standard InChI is InChI=1S/C16H25N3O3S/c1-12(17)14-5-4-10-19(11-14)23(21,22)15-8-6-13(7-9-15)16(20)18(2)3/h6-9,12,14H,4-5,10-11,17H2,1-3H3. The van der Waals surface area contributed by atoms with Crippen LogP contribution in [0.1, 0.15) is 30.1 Å². The fourth-order valence-corrected chi connectivity index (χ4v) is 4.33. The highest BCUT2D eigenvalue weighted by molar-refractivity contribution is 7.89. The molecular formula is C16H25N3O3S. The number of sulfonamides is 1. The van der Waals surface area contributed by atoms with Crippen LogP contribution < -0.4 is 5.73 Å². The molecule has 1 heterocycles. The molecule has 2 rings (SSSR count). The number of rotatable bonds is 4. The maximum absolute atomic E-state index is 12.8. The van der Waals surface area contributed by atoms with Crippen LogP contribution in [0.3, 0.4) is 0 Å². The molecule has 1 aromatic rings. The smallest absolute Gasteiger partial charge is 0.253 e. The molecule has 0 aliphatic carbocycles. The van der Waals surface area contributed by atoms with E-state index >= 15 is 0 Å². The van der Waals surface area contributed by atoms with Gasteiger partial charge in [0.2, 0.25) is 10.0 Å². The van der Waals surface area contributed by atoms with Crippen molar-refractivity contribution in [2.45, 2.75) is 30.7 Å². The summed E-state index contributed by atoms with van der Waals surface area (Å²) in [6.45, 7) is 2.89. The molecule has 7 heteroatoms. The summed E-state index contributed by atoms with van der Waals surface area (Å²) in [7, 11) is -0.215. The van der Waals surface area contributed by atoms with Crippen molar-refractivity contribution >= 4 is 15.9 Å². The van der Waals surface area contributed by atoms with Crippen LogP contribution in [0.25, 0.3) is 0 Å².